The summed E-state index contributed by atoms with van der Waals surface area (Å²) in [5.74, 6) is 1.28. The summed E-state index contributed by atoms with van der Waals surface area (Å²) in [4.78, 5) is 9.88. The van der Waals surface area contributed by atoms with E-state index >= 15 is 0 Å². The van der Waals surface area contributed by atoms with Crippen LogP contribution in [0.3, 0.4) is 0 Å². The van der Waals surface area contributed by atoms with Gasteiger partial charge < -0.3 is 10.6 Å². The van der Waals surface area contributed by atoms with E-state index in [0.717, 1.165) is 19.4 Å². The summed E-state index contributed by atoms with van der Waals surface area (Å²) in [6.45, 7) is 4.97. The van der Waals surface area contributed by atoms with Crippen molar-refractivity contribution in [3.8, 4) is 0 Å². The van der Waals surface area contributed by atoms with Crippen LogP contribution >= 0.6 is 22.9 Å². The number of nitrogens with one attached hydrogen (secondary N) is 2. The quantitative estimate of drug-likeness (QED) is 0.786. The summed E-state index contributed by atoms with van der Waals surface area (Å²) in [5.41, 5.74) is 0. The van der Waals surface area contributed by atoms with Crippen LogP contribution in [0.5, 0.6) is 0 Å². The second-order valence-corrected chi connectivity index (χ2v) is 5.81. The zero-order chi connectivity index (χ0) is 14.4. The van der Waals surface area contributed by atoms with E-state index in [9.17, 15) is 0 Å². The van der Waals surface area contributed by atoms with Crippen LogP contribution in [0.4, 0.5) is 11.8 Å². The Labute approximate surface area is 128 Å². The van der Waals surface area contributed by atoms with Crippen LogP contribution in [0.15, 0.2) is 23.7 Å². The molecule has 0 spiro atoms. The third kappa shape index (κ3) is 3.84. The highest BCUT2D eigenvalue weighted by atomic mass is 35.5. The Bertz CT molecular complexity index is 530. The molecule has 0 bridgehead atoms. The first-order valence-electron chi connectivity index (χ1n) is 6.81. The Hall–Kier alpha value is -1.33. The van der Waals surface area contributed by atoms with Gasteiger partial charge in [0, 0.05) is 11.4 Å². The lowest BCUT2D eigenvalue weighted by Crippen LogP contribution is -2.12. The maximum atomic E-state index is 6.19. The van der Waals surface area contributed by atoms with Gasteiger partial charge in [0.1, 0.15) is 5.02 Å². The zero-order valence-electron chi connectivity index (χ0n) is 11.7. The van der Waals surface area contributed by atoms with Crippen molar-refractivity contribution in [1.82, 2.24) is 9.97 Å². The molecule has 0 aliphatic heterocycles. The molecule has 0 amide bonds. The fourth-order valence-corrected chi connectivity index (χ4v) is 2.90. The normalized spacial score (nSPS) is 12.2. The highest BCUT2D eigenvalue weighted by molar-refractivity contribution is 7.10. The summed E-state index contributed by atoms with van der Waals surface area (Å²) in [7, 11) is 0. The van der Waals surface area contributed by atoms with Crippen molar-refractivity contribution in [2.75, 3.05) is 17.2 Å². The number of nitrogens with zero attached hydrogens (tertiary/aromatic N) is 2. The minimum absolute atomic E-state index is 0.238. The summed E-state index contributed by atoms with van der Waals surface area (Å²) >= 11 is 7.94. The number of halogens is 1. The molecule has 0 saturated carbocycles. The standard InChI is InChI=1S/C14H19ClN4S/c1-3-6-11(12-7-5-8-20-12)18-13-10(15)9-17-14(19-13)16-4-2/h5,7-9,11H,3-4,6H2,1-2H3,(H2,16,17,18,19). The predicted octanol–water partition coefficient (Wildman–Crippen LogP) is 4.58. The van der Waals surface area contributed by atoms with Crippen LogP contribution in [0.1, 0.15) is 37.6 Å². The Balaban J connectivity index is 2.19. The smallest absolute Gasteiger partial charge is 0.224 e. The molecule has 2 rings (SSSR count). The molecule has 20 heavy (non-hydrogen) atoms. The number of anilines is 2. The Kier molecular flexibility index (Phi) is 5.61. The largest absolute Gasteiger partial charge is 0.361 e. The van der Waals surface area contributed by atoms with Crippen molar-refractivity contribution < 1.29 is 0 Å². The minimum Gasteiger partial charge on any atom is -0.361 e. The van der Waals surface area contributed by atoms with Crippen molar-refractivity contribution in [2.45, 2.75) is 32.7 Å². The number of rotatable bonds is 7. The minimum atomic E-state index is 0.238. The van der Waals surface area contributed by atoms with E-state index in [1.54, 1.807) is 17.5 Å². The molecular weight excluding hydrogens is 292 g/mol. The topological polar surface area (TPSA) is 49.8 Å². The van der Waals surface area contributed by atoms with Gasteiger partial charge in [-0.05, 0) is 24.8 Å². The highest BCUT2D eigenvalue weighted by Gasteiger charge is 2.14. The van der Waals surface area contributed by atoms with Crippen molar-refractivity contribution in [2.24, 2.45) is 0 Å². The number of hydrogen-bond donors (Lipinski definition) is 2. The van der Waals surface area contributed by atoms with Crippen LogP contribution in [0.25, 0.3) is 0 Å². The van der Waals surface area contributed by atoms with Gasteiger partial charge in [0.2, 0.25) is 5.95 Å². The third-order valence-electron chi connectivity index (χ3n) is 2.85. The predicted molar refractivity (Wildman–Crippen MR) is 86.8 cm³/mol. The second-order valence-electron chi connectivity index (χ2n) is 4.42. The second kappa shape index (κ2) is 7.45. The SMILES string of the molecule is CCCC(Nc1nc(NCC)ncc1Cl)c1cccs1. The van der Waals surface area contributed by atoms with Crippen LogP contribution in [0, 0.1) is 0 Å². The van der Waals surface area contributed by atoms with Gasteiger partial charge in [-0.2, -0.15) is 4.98 Å². The molecular formula is C14H19ClN4S. The lowest BCUT2D eigenvalue weighted by Gasteiger charge is -2.18. The molecule has 2 N–H and O–H groups in total. The maximum absolute atomic E-state index is 6.19. The molecule has 2 aromatic rings. The lowest BCUT2D eigenvalue weighted by molar-refractivity contribution is 0.684. The van der Waals surface area contributed by atoms with Gasteiger partial charge in [0.05, 0.1) is 12.2 Å². The van der Waals surface area contributed by atoms with E-state index in [-0.39, 0.29) is 6.04 Å². The van der Waals surface area contributed by atoms with Crippen LogP contribution in [0.2, 0.25) is 5.02 Å². The average Bonchev–Trinajstić information content (AvgIpc) is 2.96. The molecule has 4 nitrogen and oxygen atoms in total. The zero-order valence-corrected chi connectivity index (χ0v) is 13.3. The molecule has 1 atom stereocenters. The van der Waals surface area contributed by atoms with Crippen LogP contribution in [-0.4, -0.2) is 16.5 Å². The average molecular weight is 311 g/mol. The Morgan fingerprint density at radius 3 is 2.90 bits per heavy atom. The summed E-state index contributed by atoms with van der Waals surface area (Å²) < 4.78 is 0. The molecule has 108 valence electrons. The summed E-state index contributed by atoms with van der Waals surface area (Å²) in [5, 5.41) is 9.17. The van der Waals surface area contributed by atoms with Gasteiger partial charge in [-0.1, -0.05) is 31.0 Å². The van der Waals surface area contributed by atoms with E-state index in [0.29, 0.717) is 16.8 Å². The van der Waals surface area contributed by atoms with Gasteiger partial charge in [-0.3, -0.25) is 0 Å². The number of hydrogen-bond acceptors (Lipinski definition) is 5. The Morgan fingerprint density at radius 2 is 2.25 bits per heavy atom. The van der Waals surface area contributed by atoms with Crippen molar-refractivity contribution in [3.63, 3.8) is 0 Å². The van der Waals surface area contributed by atoms with E-state index < -0.39 is 0 Å². The van der Waals surface area contributed by atoms with Gasteiger partial charge in [0.25, 0.3) is 0 Å². The summed E-state index contributed by atoms with van der Waals surface area (Å²) in [6, 6.07) is 4.44. The van der Waals surface area contributed by atoms with Crippen LogP contribution < -0.4 is 10.6 Å². The molecule has 6 heteroatoms. The molecule has 2 heterocycles. The van der Waals surface area contributed by atoms with E-state index in [1.807, 2.05) is 6.92 Å². The van der Waals surface area contributed by atoms with Crippen molar-refractivity contribution >= 4 is 34.7 Å². The first kappa shape index (κ1) is 15.1. The molecule has 0 fully saturated rings. The van der Waals surface area contributed by atoms with E-state index in [2.05, 4.69) is 45.0 Å². The van der Waals surface area contributed by atoms with E-state index in [4.69, 9.17) is 11.6 Å². The fourth-order valence-electron chi connectivity index (χ4n) is 1.94. The molecule has 0 radical (unpaired) electrons. The first-order chi connectivity index (χ1) is 9.74. The van der Waals surface area contributed by atoms with Gasteiger partial charge in [-0.15, -0.1) is 11.3 Å². The first-order valence-corrected chi connectivity index (χ1v) is 8.06. The van der Waals surface area contributed by atoms with Gasteiger partial charge in [0.15, 0.2) is 5.82 Å². The molecule has 0 aromatic carbocycles. The molecule has 0 aliphatic rings. The van der Waals surface area contributed by atoms with Crippen molar-refractivity contribution in [3.05, 3.63) is 33.6 Å². The van der Waals surface area contributed by atoms with Gasteiger partial charge in [-0.25, -0.2) is 4.98 Å². The highest BCUT2D eigenvalue weighted by Crippen LogP contribution is 2.29. The van der Waals surface area contributed by atoms with E-state index in [1.165, 1.54) is 4.88 Å². The molecule has 0 saturated heterocycles. The maximum Gasteiger partial charge on any atom is 0.224 e. The molecule has 2 aromatic heterocycles. The monoisotopic (exact) mass is 310 g/mol. The molecule has 1 unspecified atom stereocenters. The van der Waals surface area contributed by atoms with Crippen LogP contribution in [-0.2, 0) is 0 Å². The third-order valence-corrected chi connectivity index (χ3v) is 4.12. The summed E-state index contributed by atoms with van der Waals surface area (Å²) in [6.07, 6.45) is 3.77. The molecule has 0 aliphatic carbocycles. The lowest BCUT2D eigenvalue weighted by atomic mass is 10.1. The Morgan fingerprint density at radius 1 is 1.40 bits per heavy atom. The fraction of sp³-hybridized carbons (Fsp3) is 0.429. The van der Waals surface area contributed by atoms with Crippen molar-refractivity contribution in [1.29, 1.82) is 0 Å². The number of thiophene rings is 1. The number of aromatic nitrogens is 2. The van der Waals surface area contributed by atoms with Gasteiger partial charge >= 0.3 is 0 Å².